The summed E-state index contributed by atoms with van der Waals surface area (Å²) in [4.78, 5) is 12.0. The fraction of sp³-hybridized carbons (Fsp3) is 0.286. The number of ether oxygens (including phenoxy) is 1. The molecule has 20 heavy (non-hydrogen) atoms. The number of benzene rings is 1. The maximum atomic E-state index is 12.0. The molecule has 0 radical (unpaired) electrons. The summed E-state index contributed by atoms with van der Waals surface area (Å²) in [5.41, 5.74) is 1.96. The van der Waals surface area contributed by atoms with Crippen molar-refractivity contribution in [2.75, 3.05) is 20.3 Å². The molecule has 5 nitrogen and oxygen atoms in total. The second-order valence-corrected chi connectivity index (χ2v) is 4.67. The molecule has 0 atom stereocenters. The van der Waals surface area contributed by atoms with Gasteiger partial charge < -0.3 is 10.1 Å². The molecule has 0 bridgehead atoms. The molecule has 1 aromatic carbocycles. The van der Waals surface area contributed by atoms with Crippen molar-refractivity contribution in [2.45, 2.75) is 0 Å². The number of nitrogens with zero attached hydrogens (tertiary/aromatic N) is 2. The number of aryl methyl sites for hydroxylation is 1. The van der Waals surface area contributed by atoms with Gasteiger partial charge in [0.2, 0.25) is 0 Å². The van der Waals surface area contributed by atoms with Crippen molar-refractivity contribution in [1.29, 1.82) is 0 Å². The van der Waals surface area contributed by atoms with Crippen LogP contribution in [0.15, 0.2) is 30.3 Å². The normalized spacial score (nSPS) is 10.6. The first-order chi connectivity index (χ1) is 9.63. The molecule has 1 amide bonds. The van der Waals surface area contributed by atoms with Gasteiger partial charge in [-0.2, -0.15) is 5.10 Å². The van der Waals surface area contributed by atoms with E-state index in [1.807, 2.05) is 18.2 Å². The SMILES string of the molecule is COCCNC(=O)c1cc(-c2ccccc2Cl)nn1C. The number of nitrogens with one attached hydrogen (secondary N) is 1. The summed E-state index contributed by atoms with van der Waals surface area (Å²) in [6, 6.07) is 9.13. The Labute approximate surface area is 122 Å². The van der Waals surface area contributed by atoms with E-state index < -0.39 is 0 Å². The zero-order valence-corrected chi connectivity index (χ0v) is 12.1. The van der Waals surface area contributed by atoms with Gasteiger partial charge in [0.25, 0.3) is 5.91 Å². The molecular formula is C14H16ClN3O2. The lowest BCUT2D eigenvalue weighted by Gasteiger charge is -2.03. The standard InChI is InChI=1S/C14H16ClN3O2/c1-18-13(14(19)16-7-8-20-2)9-12(17-18)10-5-3-4-6-11(10)15/h3-6,9H,7-8H2,1-2H3,(H,16,19). The molecule has 0 saturated heterocycles. The van der Waals surface area contributed by atoms with E-state index in [0.29, 0.717) is 29.6 Å². The zero-order valence-electron chi connectivity index (χ0n) is 11.4. The third-order valence-electron chi connectivity index (χ3n) is 2.85. The average molecular weight is 294 g/mol. The van der Waals surface area contributed by atoms with Crippen molar-refractivity contribution in [1.82, 2.24) is 15.1 Å². The van der Waals surface area contributed by atoms with E-state index in [4.69, 9.17) is 16.3 Å². The summed E-state index contributed by atoms with van der Waals surface area (Å²) in [6.45, 7) is 0.933. The highest BCUT2D eigenvalue weighted by atomic mass is 35.5. The van der Waals surface area contributed by atoms with E-state index in [1.54, 1.807) is 31.0 Å². The third kappa shape index (κ3) is 3.18. The molecule has 106 valence electrons. The van der Waals surface area contributed by atoms with Crippen LogP contribution in [0, 0.1) is 0 Å². The Bertz CT molecular complexity index is 610. The van der Waals surface area contributed by atoms with Gasteiger partial charge in [-0.25, -0.2) is 0 Å². The molecule has 0 saturated carbocycles. The van der Waals surface area contributed by atoms with Crippen LogP contribution in [0.1, 0.15) is 10.5 Å². The van der Waals surface area contributed by atoms with Gasteiger partial charge >= 0.3 is 0 Å². The number of carbonyl (C=O) groups is 1. The monoisotopic (exact) mass is 293 g/mol. The minimum absolute atomic E-state index is 0.185. The topological polar surface area (TPSA) is 56.1 Å². The first-order valence-corrected chi connectivity index (χ1v) is 6.57. The fourth-order valence-electron chi connectivity index (χ4n) is 1.84. The fourth-order valence-corrected chi connectivity index (χ4v) is 2.07. The predicted octanol–water partition coefficient (Wildman–Crippen LogP) is 2.12. The quantitative estimate of drug-likeness (QED) is 0.859. The molecule has 0 aliphatic heterocycles. The molecule has 0 spiro atoms. The van der Waals surface area contributed by atoms with Gasteiger partial charge in [-0.1, -0.05) is 29.8 Å². The Morgan fingerprint density at radius 1 is 1.45 bits per heavy atom. The van der Waals surface area contributed by atoms with E-state index in [-0.39, 0.29) is 5.91 Å². The van der Waals surface area contributed by atoms with Crippen LogP contribution >= 0.6 is 11.6 Å². The number of methoxy groups -OCH3 is 1. The highest BCUT2D eigenvalue weighted by Crippen LogP contribution is 2.26. The Kier molecular flexibility index (Phi) is 4.76. The number of aromatic nitrogens is 2. The lowest BCUT2D eigenvalue weighted by atomic mass is 10.1. The van der Waals surface area contributed by atoms with Crippen LogP contribution in [0.2, 0.25) is 5.02 Å². The minimum atomic E-state index is -0.185. The van der Waals surface area contributed by atoms with E-state index in [1.165, 1.54) is 0 Å². The highest BCUT2D eigenvalue weighted by molar-refractivity contribution is 6.33. The van der Waals surface area contributed by atoms with Gasteiger partial charge in [0.05, 0.1) is 17.3 Å². The summed E-state index contributed by atoms with van der Waals surface area (Å²) >= 11 is 6.14. The van der Waals surface area contributed by atoms with Crippen molar-refractivity contribution >= 4 is 17.5 Å². The largest absolute Gasteiger partial charge is 0.383 e. The second-order valence-electron chi connectivity index (χ2n) is 4.27. The van der Waals surface area contributed by atoms with E-state index in [2.05, 4.69) is 10.4 Å². The van der Waals surface area contributed by atoms with Crippen LogP contribution in [0.5, 0.6) is 0 Å². The van der Waals surface area contributed by atoms with Crippen molar-refractivity contribution in [3.63, 3.8) is 0 Å². The van der Waals surface area contributed by atoms with Gasteiger partial charge in [0.15, 0.2) is 0 Å². The van der Waals surface area contributed by atoms with Crippen LogP contribution in [-0.4, -0.2) is 35.9 Å². The Morgan fingerprint density at radius 2 is 2.20 bits per heavy atom. The molecule has 6 heteroatoms. The van der Waals surface area contributed by atoms with Crippen molar-refractivity contribution in [3.05, 3.63) is 41.0 Å². The summed E-state index contributed by atoms with van der Waals surface area (Å²) in [6.07, 6.45) is 0. The molecule has 2 rings (SSSR count). The predicted molar refractivity (Wildman–Crippen MR) is 77.9 cm³/mol. The zero-order chi connectivity index (χ0) is 14.5. The number of hydrogen-bond donors (Lipinski definition) is 1. The number of carbonyl (C=O) groups excluding carboxylic acids is 1. The summed E-state index contributed by atoms with van der Waals surface area (Å²) in [5, 5.41) is 7.70. The lowest BCUT2D eigenvalue weighted by Crippen LogP contribution is -2.28. The van der Waals surface area contributed by atoms with Crippen molar-refractivity contribution < 1.29 is 9.53 Å². The van der Waals surface area contributed by atoms with Gasteiger partial charge in [0, 0.05) is 26.3 Å². The maximum Gasteiger partial charge on any atom is 0.269 e. The van der Waals surface area contributed by atoms with E-state index in [9.17, 15) is 4.79 Å². The number of halogens is 1. The molecule has 0 aliphatic carbocycles. The summed E-state index contributed by atoms with van der Waals surface area (Å²) in [7, 11) is 3.32. The smallest absolute Gasteiger partial charge is 0.269 e. The maximum absolute atomic E-state index is 12.0. The van der Waals surface area contributed by atoms with Crippen LogP contribution in [0.25, 0.3) is 11.3 Å². The molecule has 1 aromatic heterocycles. The summed E-state index contributed by atoms with van der Waals surface area (Å²) in [5.74, 6) is -0.185. The Hall–Kier alpha value is -1.85. The molecule has 0 aliphatic rings. The Morgan fingerprint density at radius 3 is 2.90 bits per heavy atom. The second kappa shape index (κ2) is 6.54. The first kappa shape index (κ1) is 14.6. The lowest BCUT2D eigenvalue weighted by molar-refractivity contribution is 0.0927. The highest BCUT2D eigenvalue weighted by Gasteiger charge is 2.15. The minimum Gasteiger partial charge on any atom is -0.383 e. The average Bonchev–Trinajstić information content (AvgIpc) is 2.81. The van der Waals surface area contributed by atoms with Crippen molar-refractivity contribution in [3.8, 4) is 11.3 Å². The van der Waals surface area contributed by atoms with Gasteiger partial charge in [0.1, 0.15) is 5.69 Å². The van der Waals surface area contributed by atoms with E-state index >= 15 is 0 Å². The molecule has 1 heterocycles. The molecule has 1 N–H and O–H groups in total. The number of amides is 1. The number of rotatable bonds is 5. The molecule has 2 aromatic rings. The van der Waals surface area contributed by atoms with Crippen LogP contribution in [0.4, 0.5) is 0 Å². The van der Waals surface area contributed by atoms with Gasteiger partial charge in [-0.15, -0.1) is 0 Å². The van der Waals surface area contributed by atoms with Crippen LogP contribution in [0.3, 0.4) is 0 Å². The van der Waals surface area contributed by atoms with Crippen molar-refractivity contribution in [2.24, 2.45) is 7.05 Å². The third-order valence-corrected chi connectivity index (χ3v) is 3.18. The van der Waals surface area contributed by atoms with Crippen LogP contribution < -0.4 is 5.32 Å². The molecule has 0 fully saturated rings. The molecule has 0 unspecified atom stereocenters. The van der Waals surface area contributed by atoms with Gasteiger partial charge in [-0.05, 0) is 12.1 Å². The van der Waals surface area contributed by atoms with Gasteiger partial charge in [-0.3, -0.25) is 9.48 Å². The van der Waals surface area contributed by atoms with E-state index in [0.717, 1.165) is 5.56 Å². The number of hydrogen-bond acceptors (Lipinski definition) is 3. The Balaban J connectivity index is 2.22. The summed E-state index contributed by atoms with van der Waals surface area (Å²) < 4.78 is 6.44. The molecular weight excluding hydrogens is 278 g/mol. The first-order valence-electron chi connectivity index (χ1n) is 6.19. The van der Waals surface area contributed by atoms with Crippen LogP contribution in [-0.2, 0) is 11.8 Å².